The Labute approximate surface area is 110 Å². The van der Waals surface area contributed by atoms with Crippen molar-refractivity contribution >= 4 is 5.69 Å². The predicted octanol–water partition coefficient (Wildman–Crippen LogP) is 2.27. The van der Waals surface area contributed by atoms with E-state index in [4.69, 9.17) is 0 Å². The van der Waals surface area contributed by atoms with Crippen LogP contribution in [0.15, 0.2) is 24.3 Å². The number of anilines is 1. The molecule has 1 aliphatic heterocycles. The van der Waals surface area contributed by atoms with Crippen molar-refractivity contribution in [3.8, 4) is 0 Å². The summed E-state index contributed by atoms with van der Waals surface area (Å²) in [5.41, 5.74) is 2.28. The summed E-state index contributed by atoms with van der Waals surface area (Å²) in [4.78, 5) is 4.87. The van der Waals surface area contributed by atoms with E-state index in [2.05, 4.69) is 34.9 Å². The number of benzene rings is 1. The molecule has 3 nitrogen and oxygen atoms in total. The van der Waals surface area contributed by atoms with Crippen LogP contribution in [0.25, 0.3) is 0 Å². The van der Waals surface area contributed by atoms with E-state index in [1.807, 2.05) is 13.0 Å². The van der Waals surface area contributed by atoms with E-state index in [0.29, 0.717) is 0 Å². The molecule has 0 bridgehead atoms. The van der Waals surface area contributed by atoms with Crippen molar-refractivity contribution in [3.63, 3.8) is 0 Å². The molecule has 1 aromatic carbocycles. The quantitative estimate of drug-likeness (QED) is 0.885. The summed E-state index contributed by atoms with van der Waals surface area (Å²) in [5, 5.41) is 10.1. The molecule has 1 saturated heterocycles. The van der Waals surface area contributed by atoms with Crippen LogP contribution in [0.3, 0.4) is 0 Å². The van der Waals surface area contributed by atoms with Crippen LogP contribution < -0.4 is 4.90 Å². The third kappa shape index (κ3) is 2.85. The minimum Gasteiger partial charge on any atom is -0.388 e. The van der Waals surface area contributed by atoms with Gasteiger partial charge in [-0.3, -0.25) is 0 Å². The van der Waals surface area contributed by atoms with Crippen LogP contribution in [-0.4, -0.2) is 42.7 Å². The lowest BCUT2D eigenvalue weighted by molar-refractivity contribution is 0.173. The summed E-state index contributed by atoms with van der Waals surface area (Å²) < 4.78 is 0. The van der Waals surface area contributed by atoms with Crippen molar-refractivity contribution in [2.75, 3.05) is 37.6 Å². The number of aliphatic hydroxyl groups excluding tert-OH is 1. The van der Waals surface area contributed by atoms with Gasteiger partial charge in [0.2, 0.25) is 0 Å². The van der Waals surface area contributed by atoms with E-state index in [1.165, 1.54) is 5.69 Å². The van der Waals surface area contributed by atoms with Crippen molar-refractivity contribution in [3.05, 3.63) is 29.8 Å². The molecule has 0 spiro atoms. The van der Waals surface area contributed by atoms with Crippen LogP contribution in [-0.2, 0) is 0 Å². The normalized spacial score (nSPS) is 18.9. The van der Waals surface area contributed by atoms with Gasteiger partial charge in [-0.25, -0.2) is 0 Å². The van der Waals surface area contributed by atoms with Gasteiger partial charge in [0.25, 0.3) is 0 Å². The molecule has 0 saturated carbocycles. The first-order chi connectivity index (χ1) is 8.76. The van der Waals surface area contributed by atoms with Crippen molar-refractivity contribution in [2.45, 2.75) is 26.4 Å². The van der Waals surface area contributed by atoms with Gasteiger partial charge in [-0.05, 0) is 19.0 Å². The molecular weight excluding hydrogens is 224 g/mol. The van der Waals surface area contributed by atoms with Gasteiger partial charge < -0.3 is 14.9 Å². The maximum atomic E-state index is 10.1. The average Bonchev–Trinajstić information content (AvgIpc) is 2.46. The van der Waals surface area contributed by atoms with E-state index in [9.17, 15) is 5.11 Å². The molecule has 2 rings (SSSR count). The molecule has 1 heterocycles. The Morgan fingerprint density at radius 3 is 2.39 bits per heavy atom. The van der Waals surface area contributed by atoms with Gasteiger partial charge in [0, 0.05) is 37.4 Å². The fourth-order valence-electron chi connectivity index (χ4n) is 2.58. The molecule has 0 unspecified atom stereocenters. The fourth-order valence-corrected chi connectivity index (χ4v) is 2.58. The lowest BCUT2D eigenvalue weighted by Gasteiger charge is -2.37. The maximum Gasteiger partial charge on any atom is 0.0807 e. The minimum absolute atomic E-state index is 0.342. The SMILES string of the molecule is CC[C@@H](O)c1ccccc1N1CCN(CC)CC1. The fraction of sp³-hybridized carbons (Fsp3) is 0.600. The van der Waals surface area contributed by atoms with E-state index in [1.54, 1.807) is 0 Å². The molecule has 0 aromatic heterocycles. The Hall–Kier alpha value is -1.06. The van der Waals surface area contributed by atoms with E-state index in [0.717, 1.165) is 44.7 Å². The van der Waals surface area contributed by atoms with Crippen LogP contribution in [0.2, 0.25) is 0 Å². The standard InChI is InChI=1S/C15H24N2O/c1-3-15(18)13-7-5-6-8-14(13)17-11-9-16(4-2)10-12-17/h5-8,15,18H,3-4,9-12H2,1-2H3/t15-/m1/s1. The van der Waals surface area contributed by atoms with Gasteiger partial charge in [-0.1, -0.05) is 32.0 Å². The molecule has 0 radical (unpaired) electrons. The lowest BCUT2D eigenvalue weighted by atomic mass is 10.0. The molecule has 0 amide bonds. The molecule has 1 aliphatic rings. The molecule has 1 N–H and O–H groups in total. The molecule has 1 aromatic rings. The minimum atomic E-state index is -0.342. The first-order valence-corrected chi connectivity index (χ1v) is 7.00. The van der Waals surface area contributed by atoms with E-state index < -0.39 is 0 Å². The summed E-state index contributed by atoms with van der Waals surface area (Å²) in [6.07, 6.45) is 0.428. The molecule has 1 atom stereocenters. The number of aliphatic hydroxyl groups is 1. The predicted molar refractivity (Wildman–Crippen MR) is 76.0 cm³/mol. The van der Waals surface area contributed by atoms with Crippen LogP contribution in [0, 0.1) is 0 Å². The summed E-state index contributed by atoms with van der Waals surface area (Å²) in [6, 6.07) is 8.26. The van der Waals surface area contributed by atoms with Gasteiger partial charge >= 0.3 is 0 Å². The first-order valence-electron chi connectivity index (χ1n) is 7.00. The third-order valence-electron chi connectivity index (χ3n) is 3.84. The third-order valence-corrected chi connectivity index (χ3v) is 3.84. The van der Waals surface area contributed by atoms with Gasteiger partial charge in [-0.2, -0.15) is 0 Å². The van der Waals surface area contributed by atoms with Crippen molar-refractivity contribution in [2.24, 2.45) is 0 Å². The Bertz CT molecular complexity index is 373. The van der Waals surface area contributed by atoms with Crippen LogP contribution >= 0.6 is 0 Å². The number of hydrogen-bond donors (Lipinski definition) is 1. The Morgan fingerprint density at radius 2 is 1.78 bits per heavy atom. The maximum absolute atomic E-state index is 10.1. The van der Waals surface area contributed by atoms with E-state index in [-0.39, 0.29) is 6.10 Å². The first kappa shape index (κ1) is 13.4. The molecular formula is C15H24N2O. The molecule has 18 heavy (non-hydrogen) atoms. The number of nitrogens with zero attached hydrogens (tertiary/aromatic N) is 2. The van der Waals surface area contributed by atoms with Crippen LogP contribution in [0.1, 0.15) is 31.9 Å². The van der Waals surface area contributed by atoms with Crippen molar-refractivity contribution in [1.82, 2.24) is 4.90 Å². The number of hydrogen-bond acceptors (Lipinski definition) is 3. The highest BCUT2D eigenvalue weighted by Crippen LogP contribution is 2.28. The zero-order valence-corrected chi connectivity index (χ0v) is 11.5. The highest BCUT2D eigenvalue weighted by molar-refractivity contribution is 5.55. The Morgan fingerprint density at radius 1 is 1.11 bits per heavy atom. The molecule has 0 aliphatic carbocycles. The van der Waals surface area contributed by atoms with Gasteiger partial charge in [0.1, 0.15) is 0 Å². The largest absolute Gasteiger partial charge is 0.388 e. The topological polar surface area (TPSA) is 26.7 Å². The highest BCUT2D eigenvalue weighted by atomic mass is 16.3. The number of para-hydroxylation sites is 1. The number of likely N-dealkylation sites (N-methyl/N-ethyl adjacent to an activating group) is 1. The number of piperazine rings is 1. The smallest absolute Gasteiger partial charge is 0.0807 e. The second-order valence-corrected chi connectivity index (χ2v) is 4.90. The van der Waals surface area contributed by atoms with E-state index >= 15 is 0 Å². The van der Waals surface area contributed by atoms with Gasteiger partial charge in [-0.15, -0.1) is 0 Å². The monoisotopic (exact) mass is 248 g/mol. The van der Waals surface area contributed by atoms with Crippen LogP contribution in [0.5, 0.6) is 0 Å². The van der Waals surface area contributed by atoms with Crippen molar-refractivity contribution in [1.29, 1.82) is 0 Å². The van der Waals surface area contributed by atoms with Gasteiger partial charge in [0.15, 0.2) is 0 Å². The number of rotatable bonds is 4. The molecule has 100 valence electrons. The Balaban J connectivity index is 2.13. The summed E-state index contributed by atoms with van der Waals surface area (Å²) in [6.45, 7) is 9.72. The summed E-state index contributed by atoms with van der Waals surface area (Å²) in [7, 11) is 0. The van der Waals surface area contributed by atoms with Crippen LogP contribution in [0.4, 0.5) is 5.69 Å². The highest BCUT2D eigenvalue weighted by Gasteiger charge is 2.19. The lowest BCUT2D eigenvalue weighted by Crippen LogP contribution is -2.46. The zero-order valence-electron chi connectivity index (χ0n) is 11.5. The summed E-state index contributed by atoms with van der Waals surface area (Å²) in [5.74, 6) is 0. The molecule has 3 heteroatoms. The second kappa shape index (κ2) is 6.21. The molecule has 1 fully saturated rings. The zero-order chi connectivity index (χ0) is 13.0. The average molecular weight is 248 g/mol. The summed E-state index contributed by atoms with van der Waals surface area (Å²) >= 11 is 0. The Kier molecular flexibility index (Phi) is 4.61. The van der Waals surface area contributed by atoms with Gasteiger partial charge in [0.05, 0.1) is 6.10 Å². The second-order valence-electron chi connectivity index (χ2n) is 4.90. The van der Waals surface area contributed by atoms with Crippen molar-refractivity contribution < 1.29 is 5.11 Å².